The van der Waals surface area contributed by atoms with E-state index in [1.807, 2.05) is 19.9 Å². The molecule has 3 N–H and O–H groups in total. The number of nitrogens with zero attached hydrogens (tertiary/aromatic N) is 4. The first-order valence-corrected chi connectivity index (χ1v) is 9.56. The predicted molar refractivity (Wildman–Crippen MR) is 99.7 cm³/mol. The minimum atomic E-state index is -4.67. The topological polar surface area (TPSA) is 150 Å². The van der Waals surface area contributed by atoms with Crippen LogP contribution in [-0.2, 0) is 29.8 Å². The summed E-state index contributed by atoms with van der Waals surface area (Å²) in [5, 5.41) is 22.7. The Labute approximate surface area is 163 Å². The second kappa shape index (κ2) is 10.4. The Kier molecular flexibility index (Phi) is 8.57. The van der Waals surface area contributed by atoms with Gasteiger partial charge in [-0.3, -0.25) is 13.8 Å². The third-order valence-corrected chi connectivity index (χ3v) is 3.43. The zero-order chi connectivity index (χ0) is 21.3. The standard InChI is InChI=1S/C17H18N4O2.H2O4S/c1-4-15-17(16(5-2)21(20-15)6-7-22)23-14-9-12(11-18)8-13(10-14)19-3;1-5(2,3)4/h8-10,22H,4-7H2,1-2H3;(H2,1,2,3,4). The van der Waals surface area contributed by atoms with Crippen molar-refractivity contribution in [3.8, 4) is 17.6 Å². The third-order valence-electron chi connectivity index (χ3n) is 3.43. The van der Waals surface area contributed by atoms with E-state index in [4.69, 9.17) is 39.2 Å². The van der Waals surface area contributed by atoms with Crippen molar-refractivity contribution in [2.75, 3.05) is 6.61 Å². The van der Waals surface area contributed by atoms with E-state index in [-0.39, 0.29) is 6.61 Å². The van der Waals surface area contributed by atoms with Gasteiger partial charge in [0.2, 0.25) is 0 Å². The molecule has 0 aliphatic carbocycles. The Bertz CT molecular complexity index is 962. The van der Waals surface area contributed by atoms with Gasteiger partial charge in [0.25, 0.3) is 0 Å². The first-order valence-electron chi connectivity index (χ1n) is 8.16. The lowest BCUT2D eigenvalue weighted by molar-refractivity contribution is 0.267. The summed E-state index contributed by atoms with van der Waals surface area (Å²) in [6.07, 6.45) is 1.39. The highest BCUT2D eigenvalue weighted by molar-refractivity contribution is 7.79. The number of hydrogen-bond acceptors (Lipinski definition) is 6. The quantitative estimate of drug-likeness (QED) is 0.487. The number of aliphatic hydroxyl groups is 1. The Morgan fingerprint density at radius 1 is 1.29 bits per heavy atom. The zero-order valence-electron chi connectivity index (χ0n) is 15.3. The summed E-state index contributed by atoms with van der Waals surface area (Å²) in [4.78, 5) is 3.37. The van der Waals surface area contributed by atoms with Crippen LogP contribution in [0.5, 0.6) is 11.5 Å². The Morgan fingerprint density at radius 3 is 2.39 bits per heavy atom. The van der Waals surface area contributed by atoms with E-state index in [1.54, 1.807) is 16.8 Å². The molecule has 0 unspecified atom stereocenters. The molecule has 1 aromatic heterocycles. The van der Waals surface area contributed by atoms with Crippen LogP contribution in [0.2, 0.25) is 0 Å². The molecule has 1 heterocycles. The smallest absolute Gasteiger partial charge is 0.394 e. The molecule has 2 rings (SSSR count). The van der Waals surface area contributed by atoms with Crippen molar-refractivity contribution >= 4 is 16.1 Å². The van der Waals surface area contributed by atoms with E-state index in [2.05, 4.69) is 9.94 Å². The summed E-state index contributed by atoms with van der Waals surface area (Å²) in [5.41, 5.74) is 2.43. The van der Waals surface area contributed by atoms with Crippen LogP contribution in [0.4, 0.5) is 5.69 Å². The van der Waals surface area contributed by atoms with Crippen LogP contribution in [-0.4, -0.2) is 39.0 Å². The molecule has 0 fully saturated rings. The molecule has 28 heavy (non-hydrogen) atoms. The van der Waals surface area contributed by atoms with Crippen LogP contribution in [0.3, 0.4) is 0 Å². The highest BCUT2D eigenvalue weighted by atomic mass is 32.3. The van der Waals surface area contributed by atoms with Gasteiger partial charge in [-0.2, -0.15) is 18.8 Å². The van der Waals surface area contributed by atoms with Crippen molar-refractivity contribution < 1.29 is 27.4 Å². The highest BCUT2D eigenvalue weighted by Crippen LogP contribution is 2.33. The van der Waals surface area contributed by atoms with Crippen molar-refractivity contribution in [2.24, 2.45) is 0 Å². The summed E-state index contributed by atoms with van der Waals surface area (Å²) >= 11 is 0. The fourth-order valence-corrected chi connectivity index (χ4v) is 2.40. The van der Waals surface area contributed by atoms with E-state index in [9.17, 15) is 0 Å². The first kappa shape index (κ1) is 23.1. The second-order valence-electron chi connectivity index (χ2n) is 5.37. The Morgan fingerprint density at radius 2 is 1.93 bits per heavy atom. The SMILES string of the molecule is O=S(=O)(O)O.[C-]#[N+]c1cc(C#N)cc(Oc2c(CC)nn(CCO)c2CC)c1. The van der Waals surface area contributed by atoms with E-state index in [0.717, 1.165) is 11.4 Å². The molecular formula is C17H20N4O6S. The van der Waals surface area contributed by atoms with Gasteiger partial charge in [-0.25, -0.2) is 4.85 Å². The largest absolute Gasteiger partial charge is 0.455 e. The third kappa shape index (κ3) is 6.98. The minimum absolute atomic E-state index is 0.00304. The molecule has 1 aromatic carbocycles. The molecule has 0 aliphatic heterocycles. The van der Waals surface area contributed by atoms with E-state index in [0.29, 0.717) is 42.1 Å². The monoisotopic (exact) mass is 408 g/mol. The van der Waals surface area contributed by atoms with Crippen LogP contribution in [0.15, 0.2) is 18.2 Å². The van der Waals surface area contributed by atoms with E-state index in [1.165, 1.54) is 6.07 Å². The minimum Gasteiger partial charge on any atom is -0.455 e. The van der Waals surface area contributed by atoms with Crippen LogP contribution < -0.4 is 4.74 Å². The number of rotatable bonds is 6. The van der Waals surface area contributed by atoms with Crippen molar-refractivity contribution in [2.45, 2.75) is 33.2 Å². The average Bonchev–Trinajstić information content (AvgIpc) is 2.96. The lowest BCUT2D eigenvalue weighted by Gasteiger charge is -2.09. The molecule has 0 spiro atoms. The van der Waals surface area contributed by atoms with Gasteiger partial charge in [-0.1, -0.05) is 13.8 Å². The lowest BCUT2D eigenvalue weighted by atomic mass is 10.2. The zero-order valence-corrected chi connectivity index (χ0v) is 16.1. The predicted octanol–water partition coefficient (Wildman–Crippen LogP) is 2.56. The van der Waals surface area contributed by atoms with Crippen molar-refractivity contribution in [1.82, 2.24) is 9.78 Å². The number of nitriles is 1. The molecule has 0 saturated carbocycles. The van der Waals surface area contributed by atoms with Crippen LogP contribution in [0.1, 0.15) is 30.8 Å². The maximum Gasteiger partial charge on any atom is 0.394 e. The molecule has 0 radical (unpaired) electrons. The number of aryl methyl sites for hydroxylation is 1. The molecule has 0 amide bonds. The maximum atomic E-state index is 9.17. The fourth-order valence-electron chi connectivity index (χ4n) is 2.40. The fraction of sp³-hybridized carbons (Fsp3) is 0.353. The average molecular weight is 408 g/mol. The Balaban J connectivity index is 0.000000696. The van der Waals surface area contributed by atoms with Gasteiger partial charge in [0.1, 0.15) is 11.4 Å². The van der Waals surface area contributed by atoms with E-state index >= 15 is 0 Å². The highest BCUT2D eigenvalue weighted by Gasteiger charge is 2.18. The second-order valence-corrected chi connectivity index (χ2v) is 6.26. The summed E-state index contributed by atoms with van der Waals surface area (Å²) in [5.74, 6) is 1.09. The molecule has 0 bridgehead atoms. The molecule has 0 aliphatic rings. The lowest BCUT2D eigenvalue weighted by Crippen LogP contribution is -2.07. The number of hydrogen-bond donors (Lipinski definition) is 3. The van der Waals surface area contributed by atoms with Gasteiger partial charge in [0.05, 0.1) is 31.5 Å². The van der Waals surface area contributed by atoms with Gasteiger partial charge in [0, 0.05) is 5.56 Å². The molecule has 0 atom stereocenters. The summed E-state index contributed by atoms with van der Waals surface area (Å²) in [6, 6.07) is 6.77. The maximum absolute atomic E-state index is 9.17. The molecule has 10 nitrogen and oxygen atoms in total. The van der Waals surface area contributed by atoms with Crippen molar-refractivity contribution in [3.63, 3.8) is 0 Å². The van der Waals surface area contributed by atoms with Gasteiger partial charge in [-0.15, -0.1) is 0 Å². The van der Waals surface area contributed by atoms with Gasteiger partial charge in [0.15, 0.2) is 11.4 Å². The van der Waals surface area contributed by atoms with Crippen LogP contribution >= 0.6 is 0 Å². The van der Waals surface area contributed by atoms with Gasteiger partial charge < -0.3 is 9.84 Å². The summed E-state index contributed by atoms with van der Waals surface area (Å²) < 4.78 is 39.3. The van der Waals surface area contributed by atoms with Crippen LogP contribution in [0.25, 0.3) is 4.85 Å². The number of ether oxygens (including phenoxy) is 1. The van der Waals surface area contributed by atoms with Crippen molar-refractivity contribution in [1.29, 1.82) is 5.26 Å². The molecule has 0 saturated heterocycles. The van der Waals surface area contributed by atoms with E-state index < -0.39 is 10.4 Å². The molecule has 150 valence electrons. The Hall–Kier alpha value is -2.96. The summed E-state index contributed by atoms with van der Waals surface area (Å²) in [7, 11) is -4.67. The summed E-state index contributed by atoms with van der Waals surface area (Å²) in [6.45, 7) is 11.5. The number of aliphatic hydroxyl groups excluding tert-OH is 1. The normalized spacial score (nSPS) is 10.4. The molecule has 11 heteroatoms. The molecule has 2 aromatic rings. The number of aromatic nitrogens is 2. The molecular weight excluding hydrogens is 388 g/mol. The number of benzene rings is 1. The van der Waals surface area contributed by atoms with Crippen molar-refractivity contribution in [3.05, 3.63) is 46.6 Å². The van der Waals surface area contributed by atoms with Gasteiger partial charge in [-0.05, 0) is 31.0 Å². The van der Waals surface area contributed by atoms with Crippen LogP contribution in [0, 0.1) is 17.9 Å². The van der Waals surface area contributed by atoms with Gasteiger partial charge >= 0.3 is 10.4 Å². The first-order chi connectivity index (χ1) is 13.2.